The fourth-order valence-electron chi connectivity index (χ4n) is 1.43. The van der Waals surface area contributed by atoms with E-state index in [1.54, 1.807) is 6.07 Å². The van der Waals surface area contributed by atoms with Crippen molar-refractivity contribution in [2.75, 3.05) is 18.0 Å². The average molecular weight is 216 g/mol. The molecule has 0 bridgehead atoms. The van der Waals surface area contributed by atoms with Gasteiger partial charge in [-0.25, -0.2) is 0 Å². The van der Waals surface area contributed by atoms with E-state index in [0.717, 1.165) is 18.7 Å². The summed E-state index contributed by atoms with van der Waals surface area (Å²) < 4.78 is 0. The van der Waals surface area contributed by atoms with Gasteiger partial charge in [-0.2, -0.15) is 0 Å². The Balaban J connectivity index is 0.00000169. The van der Waals surface area contributed by atoms with Crippen LogP contribution in [-0.2, 0) is 0 Å². The molecule has 1 aromatic rings. The summed E-state index contributed by atoms with van der Waals surface area (Å²) >= 11 is 0. The Labute approximate surface area is 92.0 Å². The van der Waals surface area contributed by atoms with Gasteiger partial charge in [-0.15, -0.1) is 12.4 Å². The number of halogens is 1. The van der Waals surface area contributed by atoms with E-state index in [-0.39, 0.29) is 12.4 Å². The third-order valence-corrected chi connectivity index (χ3v) is 2.31. The van der Waals surface area contributed by atoms with Gasteiger partial charge in [0, 0.05) is 18.8 Å². The highest BCUT2D eigenvalue weighted by atomic mass is 35.5. The molecule has 0 heterocycles. The number of aromatic hydroxyl groups is 1. The Morgan fingerprint density at radius 1 is 1.21 bits per heavy atom. The predicted octanol–water partition coefficient (Wildman–Crippen LogP) is 2.97. The zero-order valence-corrected chi connectivity index (χ0v) is 9.77. The maximum absolute atomic E-state index is 9.35. The highest BCUT2D eigenvalue weighted by Gasteiger charge is 2.03. The van der Waals surface area contributed by atoms with E-state index in [9.17, 15) is 5.11 Å². The number of hydrogen-bond donors (Lipinski definition) is 1. The molecule has 14 heavy (non-hydrogen) atoms. The van der Waals surface area contributed by atoms with Gasteiger partial charge in [-0.3, -0.25) is 0 Å². The van der Waals surface area contributed by atoms with E-state index in [2.05, 4.69) is 18.7 Å². The van der Waals surface area contributed by atoms with Crippen molar-refractivity contribution in [2.45, 2.75) is 20.8 Å². The Hall–Kier alpha value is -0.890. The third-order valence-electron chi connectivity index (χ3n) is 2.31. The quantitative estimate of drug-likeness (QED) is 0.838. The van der Waals surface area contributed by atoms with Gasteiger partial charge in [0.1, 0.15) is 5.75 Å². The van der Waals surface area contributed by atoms with Crippen LogP contribution in [0.2, 0.25) is 0 Å². The van der Waals surface area contributed by atoms with Crippen molar-refractivity contribution < 1.29 is 5.11 Å². The first-order chi connectivity index (χ1) is 6.19. The molecule has 80 valence electrons. The fourth-order valence-corrected chi connectivity index (χ4v) is 1.43. The first kappa shape index (κ1) is 13.1. The van der Waals surface area contributed by atoms with Gasteiger partial charge in [0.05, 0.1) is 0 Å². The van der Waals surface area contributed by atoms with Crippen molar-refractivity contribution in [1.82, 2.24) is 0 Å². The monoisotopic (exact) mass is 215 g/mol. The molecule has 3 heteroatoms. The van der Waals surface area contributed by atoms with Gasteiger partial charge >= 0.3 is 0 Å². The second-order valence-corrected chi connectivity index (χ2v) is 3.14. The summed E-state index contributed by atoms with van der Waals surface area (Å²) in [6, 6.07) is 5.72. The first-order valence-corrected chi connectivity index (χ1v) is 4.73. The van der Waals surface area contributed by atoms with Crippen LogP contribution in [-0.4, -0.2) is 18.2 Å². The number of hydrogen-bond acceptors (Lipinski definition) is 2. The number of rotatable bonds is 3. The van der Waals surface area contributed by atoms with Gasteiger partial charge in [0.2, 0.25) is 0 Å². The van der Waals surface area contributed by atoms with E-state index in [1.807, 2.05) is 19.1 Å². The van der Waals surface area contributed by atoms with Crippen molar-refractivity contribution in [3.05, 3.63) is 23.8 Å². The van der Waals surface area contributed by atoms with Crippen molar-refractivity contribution >= 4 is 18.1 Å². The fraction of sp³-hybridized carbons (Fsp3) is 0.455. The van der Waals surface area contributed by atoms with Crippen LogP contribution in [0.3, 0.4) is 0 Å². The molecule has 0 saturated heterocycles. The molecule has 0 aliphatic carbocycles. The van der Waals surface area contributed by atoms with E-state index < -0.39 is 0 Å². The molecule has 2 nitrogen and oxygen atoms in total. The lowest BCUT2D eigenvalue weighted by atomic mass is 10.2. The van der Waals surface area contributed by atoms with E-state index >= 15 is 0 Å². The summed E-state index contributed by atoms with van der Waals surface area (Å²) in [5, 5.41) is 9.35. The van der Waals surface area contributed by atoms with E-state index in [1.165, 1.54) is 5.69 Å². The molecular formula is C11H18ClNO. The number of nitrogens with zero attached hydrogens (tertiary/aromatic N) is 1. The van der Waals surface area contributed by atoms with E-state index in [0.29, 0.717) is 5.75 Å². The maximum atomic E-state index is 9.35. The summed E-state index contributed by atoms with van der Waals surface area (Å²) in [6.07, 6.45) is 0. The highest BCUT2D eigenvalue weighted by molar-refractivity contribution is 5.85. The Kier molecular flexibility index (Phi) is 5.39. The minimum absolute atomic E-state index is 0. The first-order valence-electron chi connectivity index (χ1n) is 4.73. The summed E-state index contributed by atoms with van der Waals surface area (Å²) in [7, 11) is 0. The molecule has 0 radical (unpaired) electrons. The van der Waals surface area contributed by atoms with Gasteiger partial charge in [-0.1, -0.05) is 0 Å². The molecule has 0 unspecified atom stereocenters. The molecule has 0 aromatic heterocycles. The Morgan fingerprint density at radius 3 is 2.21 bits per heavy atom. The number of benzene rings is 1. The molecular weight excluding hydrogens is 198 g/mol. The van der Waals surface area contributed by atoms with Crippen LogP contribution in [0.15, 0.2) is 18.2 Å². The van der Waals surface area contributed by atoms with Gasteiger partial charge < -0.3 is 10.0 Å². The molecule has 0 fully saturated rings. The zero-order valence-electron chi connectivity index (χ0n) is 8.95. The third kappa shape index (κ3) is 2.81. The van der Waals surface area contributed by atoms with Crippen LogP contribution < -0.4 is 4.90 Å². The lowest BCUT2D eigenvalue weighted by Gasteiger charge is -2.21. The topological polar surface area (TPSA) is 23.5 Å². The Bertz CT molecular complexity index is 285. The predicted molar refractivity (Wildman–Crippen MR) is 63.7 cm³/mol. The van der Waals surface area contributed by atoms with Crippen molar-refractivity contribution in [3.63, 3.8) is 0 Å². The minimum Gasteiger partial charge on any atom is -0.508 e. The molecule has 1 aromatic carbocycles. The van der Waals surface area contributed by atoms with Crippen LogP contribution in [0.25, 0.3) is 0 Å². The summed E-state index contributed by atoms with van der Waals surface area (Å²) in [6.45, 7) is 8.18. The smallest absolute Gasteiger partial charge is 0.118 e. The summed E-state index contributed by atoms with van der Waals surface area (Å²) in [5.41, 5.74) is 2.12. The van der Waals surface area contributed by atoms with Crippen LogP contribution in [0.5, 0.6) is 5.75 Å². The van der Waals surface area contributed by atoms with Crippen molar-refractivity contribution in [1.29, 1.82) is 0 Å². The number of phenolic OH excluding ortho intramolecular Hbond substituents is 1. The van der Waals surface area contributed by atoms with Gasteiger partial charge in [-0.05, 0) is 44.5 Å². The lowest BCUT2D eigenvalue weighted by Crippen LogP contribution is -2.21. The lowest BCUT2D eigenvalue weighted by molar-refractivity contribution is 0.471. The maximum Gasteiger partial charge on any atom is 0.118 e. The van der Waals surface area contributed by atoms with Crippen molar-refractivity contribution in [2.24, 2.45) is 0 Å². The molecule has 0 spiro atoms. The number of aryl methyl sites for hydroxylation is 1. The summed E-state index contributed by atoms with van der Waals surface area (Å²) in [4.78, 5) is 2.26. The van der Waals surface area contributed by atoms with Crippen LogP contribution >= 0.6 is 12.4 Å². The summed E-state index contributed by atoms with van der Waals surface area (Å²) in [5.74, 6) is 0.371. The second kappa shape index (κ2) is 5.76. The molecule has 0 aliphatic rings. The van der Waals surface area contributed by atoms with Crippen LogP contribution in [0, 0.1) is 6.92 Å². The van der Waals surface area contributed by atoms with Crippen molar-refractivity contribution in [3.8, 4) is 5.75 Å². The second-order valence-electron chi connectivity index (χ2n) is 3.14. The largest absolute Gasteiger partial charge is 0.508 e. The minimum atomic E-state index is 0. The Morgan fingerprint density at radius 2 is 1.79 bits per heavy atom. The number of anilines is 1. The molecule has 1 N–H and O–H groups in total. The molecule has 0 atom stereocenters. The SMILES string of the molecule is CCN(CC)c1ccc(O)c(C)c1.Cl. The average Bonchev–Trinajstić information content (AvgIpc) is 2.13. The molecule has 0 saturated carbocycles. The zero-order chi connectivity index (χ0) is 9.84. The normalized spacial score (nSPS) is 9.36. The van der Waals surface area contributed by atoms with Gasteiger partial charge in [0.15, 0.2) is 0 Å². The highest BCUT2D eigenvalue weighted by Crippen LogP contribution is 2.22. The van der Waals surface area contributed by atoms with Crippen LogP contribution in [0.1, 0.15) is 19.4 Å². The molecule has 0 aliphatic heterocycles. The van der Waals surface area contributed by atoms with Crippen LogP contribution in [0.4, 0.5) is 5.69 Å². The molecule has 1 rings (SSSR count). The van der Waals surface area contributed by atoms with Gasteiger partial charge in [0.25, 0.3) is 0 Å². The molecule has 0 amide bonds. The number of phenols is 1. The standard InChI is InChI=1S/C11H17NO.ClH/c1-4-12(5-2)10-6-7-11(13)9(3)8-10;/h6-8,13H,4-5H2,1-3H3;1H. The van der Waals surface area contributed by atoms with E-state index in [4.69, 9.17) is 0 Å².